The van der Waals surface area contributed by atoms with Gasteiger partial charge in [-0.1, -0.05) is 13.8 Å². The van der Waals surface area contributed by atoms with Gasteiger partial charge in [-0.15, -0.1) is 10.2 Å². The van der Waals surface area contributed by atoms with Crippen LogP contribution in [0, 0.1) is 6.92 Å². The Morgan fingerprint density at radius 3 is 2.76 bits per heavy atom. The SMILES string of the molecule is Cc1ccoc1C(=O)N1CCn2c(C(C)C)nnc2[C@@H]1C. The van der Waals surface area contributed by atoms with Gasteiger partial charge in [-0.25, -0.2) is 0 Å². The van der Waals surface area contributed by atoms with Crippen molar-refractivity contribution in [2.75, 3.05) is 6.54 Å². The van der Waals surface area contributed by atoms with Gasteiger partial charge in [0.1, 0.15) is 5.82 Å². The van der Waals surface area contributed by atoms with E-state index in [9.17, 15) is 4.79 Å². The van der Waals surface area contributed by atoms with Gasteiger partial charge in [0.05, 0.1) is 12.3 Å². The van der Waals surface area contributed by atoms with Crippen LogP contribution >= 0.6 is 0 Å². The number of carbonyl (C=O) groups is 1. The minimum atomic E-state index is -0.101. The minimum Gasteiger partial charge on any atom is -0.459 e. The Bertz CT molecular complexity index is 671. The van der Waals surface area contributed by atoms with Crippen LogP contribution in [0.15, 0.2) is 16.7 Å². The van der Waals surface area contributed by atoms with Crippen LogP contribution in [0.4, 0.5) is 0 Å². The molecule has 0 spiro atoms. The molecule has 2 aromatic heterocycles. The Morgan fingerprint density at radius 2 is 2.14 bits per heavy atom. The molecule has 0 bridgehead atoms. The van der Waals surface area contributed by atoms with Crippen LogP contribution in [-0.4, -0.2) is 32.1 Å². The predicted molar refractivity (Wildman–Crippen MR) is 77.0 cm³/mol. The lowest BCUT2D eigenvalue weighted by atomic mass is 10.1. The van der Waals surface area contributed by atoms with Gasteiger partial charge >= 0.3 is 0 Å². The smallest absolute Gasteiger partial charge is 0.290 e. The summed E-state index contributed by atoms with van der Waals surface area (Å²) >= 11 is 0. The molecule has 3 heterocycles. The fourth-order valence-electron chi connectivity index (χ4n) is 2.83. The zero-order valence-corrected chi connectivity index (χ0v) is 12.8. The molecule has 1 aliphatic heterocycles. The summed E-state index contributed by atoms with van der Waals surface area (Å²) in [4.78, 5) is 14.4. The van der Waals surface area contributed by atoms with Gasteiger partial charge in [0.15, 0.2) is 11.6 Å². The lowest BCUT2D eigenvalue weighted by Crippen LogP contribution is -2.41. The molecule has 112 valence electrons. The number of aromatic nitrogens is 3. The number of nitrogens with zero attached hydrogens (tertiary/aromatic N) is 4. The Labute approximate surface area is 123 Å². The Balaban J connectivity index is 1.91. The standard InChI is InChI=1S/C15H20N4O2/c1-9(2)13-16-17-14-11(4)18(6-7-19(13)14)15(20)12-10(3)5-8-21-12/h5,8-9,11H,6-7H2,1-4H3/t11-/m0/s1. The normalized spacial score (nSPS) is 18.1. The zero-order valence-electron chi connectivity index (χ0n) is 12.8. The van der Waals surface area contributed by atoms with E-state index in [1.165, 1.54) is 0 Å². The van der Waals surface area contributed by atoms with E-state index in [0.29, 0.717) is 18.2 Å². The number of carbonyl (C=O) groups excluding carboxylic acids is 1. The van der Waals surface area contributed by atoms with Crippen molar-refractivity contribution < 1.29 is 9.21 Å². The third kappa shape index (κ3) is 2.14. The van der Waals surface area contributed by atoms with Crippen molar-refractivity contribution in [1.29, 1.82) is 0 Å². The first-order valence-electron chi connectivity index (χ1n) is 7.28. The van der Waals surface area contributed by atoms with Gasteiger partial charge in [0.2, 0.25) is 0 Å². The highest BCUT2D eigenvalue weighted by molar-refractivity contribution is 5.93. The molecule has 0 saturated carbocycles. The number of hydrogen-bond acceptors (Lipinski definition) is 4. The van der Waals surface area contributed by atoms with E-state index >= 15 is 0 Å². The van der Waals surface area contributed by atoms with Gasteiger partial charge in [0.25, 0.3) is 5.91 Å². The first-order chi connectivity index (χ1) is 10.0. The fourth-order valence-corrected chi connectivity index (χ4v) is 2.83. The molecule has 0 aliphatic carbocycles. The number of fused-ring (bicyclic) bond motifs is 1. The number of amides is 1. The molecule has 0 aromatic carbocycles. The molecule has 6 heteroatoms. The Hall–Kier alpha value is -2.11. The second-order valence-electron chi connectivity index (χ2n) is 5.83. The van der Waals surface area contributed by atoms with Crippen molar-refractivity contribution in [3.05, 3.63) is 35.3 Å². The van der Waals surface area contributed by atoms with Crippen molar-refractivity contribution in [3.63, 3.8) is 0 Å². The first kappa shape index (κ1) is 13.9. The zero-order chi connectivity index (χ0) is 15.1. The summed E-state index contributed by atoms with van der Waals surface area (Å²) in [6, 6.07) is 1.71. The number of hydrogen-bond donors (Lipinski definition) is 0. The lowest BCUT2D eigenvalue weighted by molar-refractivity contribution is 0.0602. The van der Waals surface area contributed by atoms with E-state index in [1.807, 2.05) is 13.8 Å². The van der Waals surface area contributed by atoms with Crippen molar-refractivity contribution in [2.24, 2.45) is 0 Å². The summed E-state index contributed by atoms with van der Waals surface area (Å²) in [5.41, 5.74) is 0.863. The highest BCUT2D eigenvalue weighted by atomic mass is 16.3. The van der Waals surface area contributed by atoms with Crippen molar-refractivity contribution >= 4 is 5.91 Å². The molecule has 0 radical (unpaired) electrons. The average molecular weight is 288 g/mol. The summed E-state index contributed by atoms with van der Waals surface area (Å²) in [7, 11) is 0. The van der Waals surface area contributed by atoms with Crippen LogP contribution in [-0.2, 0) is 6.54 Å². The van der Waals surface area contributed by atoms with E-state index in [0.717, 1.165) is 23.8 Å². The van der Waals surface area contributed by atoms with E-state index in [4.69, 9.17) is 4.42 Å². The molecule has 6 nitrogen and oxygen atoms in total. The molecule has 3 rings (SSSR count). The molecule has 1 atom stereocenters. The maximum absolute atomic E-state index is 12.6. The van der Waals surface area contributed by atoms with E-state index in [-0.39, 0.29) is 11.9 Å². The molecule has 0 N–H and O–H groups in total. The molecule has 0 fully saturated rings. The van der Waals surface area contributed by atoms with Crippen LogP contribution < -0.4 is 0 Å². The quantitative estimate of drug-likeness (QED) is 0.851. The molecule has 2 aromatic rings. The minimum absolute atomic E-state index is 0.0784. The van der Waals surface area contributed by atoms with Gasteiger partial charge in [-0.05, 0) is 19.9 Å². The van der Waals surface area contributed by atoms with Crippen LogP contribution in [0.5, 0.6) is 0 Å². The monoisotopic (exact) mass is 288 g/mol. The van der Waals surface area contributed by atoms with Crippen LogP contribution in [0.25, 0.3) is 0 Å². The molecular weight excluding hydrogens is 268 g/mol. The Morgan fingerprint density at radius 1 is 1.38 bits per heavy atom. The second kappa shape index (κ2) is 5.02. The molecular formula is C15H20N4O2. The van der Waals surface area contributed by atoms with E-state index in [1.54, 1.807) is 17.2 Å². The van der Waals surface area contributed by atoms with Crippen molar-refractivity contribution in [2.45, 2.75) is 46.2 Å². The van der Waals surface area contributed by atoms with E-state index < -0.39 is 0 Å². The van der Waals surface area contributed by atoms with Crippen LogP contribution in [0.3, 0.4) is 0 Å². The molecule has 1 amide bonds. The maximum atomic E-state index is 12.6. The van der Waals surface area contributed by atoms with Gasteiger partial charge in [-0.2, -0.15) is 0 Å². The third-order valence-corrected chi connectivity index (χ3v) is 4.05. The molecule has 1 aliphatic rings. The van der Waals surface area contributed by atoms with Crippen molar-refractivity contribution in [3.8, 4) is 0 Å². The largest absolute Gasteiger partial charge is 0.459 e. The summed E-state index contributed by atoms with van der Waals surface area (Å²) in [6.45, 7) is 9.44. The maximum Gasteiger partial charge on any atom is 0.290 e. The molecule has 0 saturated heterocycles. The first-order valence-corrected chi connectivity index (χ1v) is 7.28. The van der Waals surface area contributed by atoms with Crippen LogP contribution in [0.2, 0.25) is 0 Å². The highest BCUT2D eigenvalue weighted by Crippen LogP contribution is 2.28. The average Bonchev–Trinajstić information content (AvgIpc) is 3.04. The second-order valence-corrected chi connectivity index (χ2v) is 5.83. The summed E-state index contributed by atoms with van der Waals surface area (Å²) in [5, 5.41) is 8.56. The van der Waals surface area contributed by atoms with Gasteiger partial charge in [0, 0.05) is 24.6 Å². The summed E-state index contributed by atoms with van der Waals surface area (Å²) in [6.07, 6.45) is 1.55. The predicted octanol–water partition coefficient (Wildman–Crippen LogP) is 2.52. The number of aryl methyl sites for hydroxylation is 1. The molecule has 0 unspecified atom stereocenters. The highest BCUT2D eigenvalue weighted by Gasteiger charge is 2.33. The fraction of sp³-hybridized carbons (Fsp3) is 0.533. The number of rotatable bonds is 2. The molecule has 21 heavy (non-hydrogen) atoms. The third-order valence-electron chi connectivity index (χ3n) is 4.05. The number of furan rings is 1. The van der Waals surface area contributed by atoms with E-state index in [2.05, 4.69) is 28.6 Å². The lowest BCUT2D eigenvalue weighted by Gasteiger charge is -2.33. The van der Waals surface area contributed by atoms with Crippen LogP contribution in [0.1, 0.15) is 60.5 Å². The van der Waals surface area contributed by atoms with Gasteiger partial charge in [-0.3, -0.25) is 4.79 Å². The topological polar surface area (TPSA) is 64.2 Å². The van der Waals surface area contributed by atoms with Gasteiger partial charge < -0.3 is 13.9 Å². The summed E-state index contributed by atoms with van der Waals surface area (Å²) < 4.78 is 7.46. The summed E-state index contributed by atoms with van der Waals surface area (Å²) in [5.74, 6) is 2.50. The van der Waals surface area contributed by atoms with Crippen molar-refractivity contribution in [1.82, 2.24) is 19.7 Å². The Kier molecular flexibility index (Phi) is 3.31.